The van der Waals surface area contributed by atoms with Crippen molar-refractivity contribution in [2.24, 2.45) is 0 Å². The van der Waals surface area contributed by atoms with Gasteiger partial charge in [0, 0.05) is 66.1 Å². The number of carbonyl (C=O) groups is 3. The normalized spacial score (nSPS) is 11.3. The molecule has 5 N–H and O–H groups in total. The molecule has 0 spiro atoms. The first-order chi connectivity index (χ1) is 30.3. The van der Waals surface area contributed by atoms with Crippen molar-refractivity contribution in [2.45, 2.75) is 32.7 Å². The molecule has 0 bridgehead atoms. The predicted molar refractivity (Wildman–Crippen MR) is 243 cm³/mol. The van der Waals surface area contributed by atoms with Crippen LogP contribution in [-0.4, -0.2) is 114 Å². The number of ether oxygens (including phenoxy) is 6. The van der Waals surface area contributed by atoms with E-state index >= 15 is 0 Å². The molecule has 0 saturated carbocycles. The third kappa shape index (κ3) is 14.3. The highest BCUT2D eigenvalue weighted by molar-refractivity contribution is 6.08. The van der Waals surface area contributed by atoms with Gasteiger partial charge >= 0.3 is 6.03 Å². The van der Waals surface area contributed by atoms with Crippen molar-refractivity contribution in [3.63, 3.8) is 0 Å². The molecule has 17 nitrogen and oxygen atoms in total. The lowest BCUT2D eigenvalue weighted by Crippen LogP contribution is -2.33. The van der Waals surface area contributed by atoms with Crippen LogP contribution in [0.15, 0.2) is 79.0 Å². The lowest BCUT2D eigenvalue weighted by Gasteiger charge is -2.24. The van der Waals surface area contributed by atoms with Crippen LogP contribution in [-0.2, 0) is 31.0 Å². The Balaban J connectivity index is 1.27. The number of nitrogens with zero attached hydrogens (tertiary/aromatic N) is 3. The van der Waals surface area contributed by atoms with Crippen LogP contribution in [0.2, 0.25) is 0 Å². The highest BCUT2D eigenvalue weighted by atomic mass is 16.5. The Kier molecular flexibility index (Phi) is 17.4. The molecule has 0 aliphatic heterocycles. The molecule has 4 amide bonds. The van der Waals surface area contributed by atoms with E-state index < -0.39 is 6.03 Å². The van der Waals surface area contributed by atoms with Crippen LogP contribution in [0.3, 0.4) is 0 Å². The maximum atomic E-state index is 13.7. The summed E-state index contributed by atoms with van der Waals surface area (Å²) in [6.07, 6.45) is 1.55. The summed E-state index contributed by atoms with van der Waals surface area (Å²) in [7, 11) is 8.31. The van der Waals surface area contributed by atoms with Gasteiger partial charge < -0.3 is 59.9 Å². The van der Waals surface area contributed by atoms with Crippen LogP contribution in [0, 0.1) is 0 Å². The summed E-state index contributed by atoms with van der Waals surface area (Å²) < 4.78 is 33.4. The number of hydrogen-bond acceptors (Lipinski definition) is 13. The van der Waals surface area contributed by atoms with Gasteiger partial charge in [0.2, 0.25) is 17.7 Å². The lowest BCUT2D eigenvalue weighted by atomic mass is 9.85. The maximum Gasteiger partial charge on any atom is 0.323 e. The molecule has 0 atom stereocenters. The predicted octanol–water partition coefficient (Wildman–Crippen LogP) is 6.71. The van der Waals surface area contributed by atoms with Crippen molar-refractivity contribution in [1.29, 1.82) is 0 Å². The molecule has 0 radical (unpaired) electrons. The van der Waals surface area contributed by atoms with E-state index in [9.17, 15) is 14.4 Å². The van der Waals surface area contributed by atoms with Crippen LogP contribution < -0.4 is 40.8 Å². The van der Waals surface area contributed by atoms with Crippen LogP contribution in [0.1, 0.15) is 42.3 Å². The number of amides is 4. The maximum absolute atomic E-state index is 13.7. The number of urea groups is 1. The SMILES string of the molecule is COCCOCCOCCNC(=O)c1cc(Nc2nccc(Oc3ccc(NC(=O)Nc4cc(C(C)(C)C)cc(CNC(=O)CN(C)C)c4OC)c4ccccc34)n2)cc(OC)c1. The van der Waals surface area contributed by atoms with Crippen LogP contribution in [0.5, 0.6) is 23.1 Å². The summed E-state index contributed by atoms with van der Waals surface area (Å²) in [6.45, 7) is 9.17. The van der Waals surface area contributed by atoms with E-state index in [2.05, 4.69) is 57.3 Å². The third-order valence-electron chi connectivity index (χ3n) is 9.39. The third-order valence-corrected chi connectivity index (χ3v) is 9.39. The van der Waals surface area contributed by atoms with Gasteiger partial charge in [0.15, 0.2) is 0 Å². The molecule has 0 aliphatic carbocycles. The van der Waals surface area contributed by atoms with Crippen LogP contribution in [0.25, 0.3) is 10.8 Å². The van der Waals surface area contributed by atoms with Gasteiger partial charge in [-0.15, -0.1) is 0 Å². The quantitative estimate of drug-likeness (QED) is 0.0461. The van der Waals surface area contributed by atoms with E-state index in [1.807, 2.05) is 50.5 Å². The second-order valence-electron chi connectivity index (χ2n) is 15.6. The number of hydrogen-bond donors (Lipinski definition) is 5. The van der Waals surface area contributed by atoms with E-state index in [4.69, 9.17) is 28.4 Å². The zero-order chi connectivity index (χ0) is 45.4. The van der Waals surface area contributed by atoms with Gasteiger partial charge in [-0.25, -0.2) is 9.78 Å². The summed E-state index contributed by atoms with van der Waals surface area (Å²) in [6, 6.07) is 21.0. The highest BCUT2D eigenvalue weighted by Crippen LogP contribution is 2.37. The zero-order valence-electron chi connectivity index (χ0n) is 37.2. The Morgan fingerprint density at radius 2 is 1.49 bits per heavy atom. The monoisotopic (exact) mass is 866 g/mol. The number of carbonyl (C=O) groups excluding carboxylic acids is 3. The number of fused-ring (bicyclic) bond motifs is 1. The Bertz CT molecular complexity index is 2330. The topological polar surface area (TPSA) is 196 Å². The fourth-order valence-corrected chi connectivity index (χ4v) is 6.29. The fourth-order valence-electron chi connectivity index (χ4n) is 6.29. The van der Waals surface area contributed by atoms with E-state index in [0.717, 1.165) is 21.9 Å². The molecule has 0 unspecified atom stereocenters. The molecule has 0 fully saturated rings. The first kappa shape index (κ1) is 47.5. The molecule has 336 valence electrons. The smallest absolute Gasteiger partial charge is 0.323 e. The zero-order valence-corrected chi connectivity index (χ0v) is 37.2. The molecule has 5 rings (SSSR count). The average molecular weight is 867 g/mol. The summed E-state index contributed by atoms with van der Waals surface area (Å²) in [5.74, 6) is 1.43. The van der Waals surface area contributed by atoms with Gasteiger partial charge in [-0.1, -0.05) is 45.0 Å². The van der Waals surface area contributed by atoms with E-state index in [-0.39, 0.29) is 42.1 Å². The van der Waals surface area contributed by atoms with Crippen molar-refractivity contribution >= 4 is 51.6 Å². The van der Waals surface area contributed by atoms with Crippen molar-refractivity contribution < 1.29 is 42.8 Å². The van der Waals surface area contributed by atoms with Crippen LogP contribution >= 0.6 is 0 Å². The van der Waals surface area contributed by atoms with E-state index in [1.165, 1.54) is 14.2 Å². The van der Waals surface area contributed by atoms with Crippen LogP contribution in [0.4, 0.5) is 27.8 Å². The van der Waals surface area contributed by atoms with Crippen molar-refractivity contribution in [3.05, 3.63) is 95.7 Å². The van der Waals surface area contributed by atoms with E-state index in [1.54, 1.807) is 54.6 Å². The minimum atomic E-state index is -0.491. The summed E-state index contributed by atoms with van der Waals surface area (Å²) in [4.78, 5) is 49.9. The largest absolute Gasteiger partial charge is 0.497 e. The molecule has 0 aliphatic rings. The number of likely N-dealkylation sites (N-methyl/N-ethyl adjacent to an activating group) is 1. The number of benzene rings is 4. The summed E-state index contributed by atoms with van der Waals surface area (Å²) >= 11 is 0. The molecule has 4 aromatic carbocycles. The minimum Gasteiger partial charge on any atom is -0.497 e. The van der Waals surface area contributed by atoms with Gasteiger partial charge in [0.05, 0.1) is 65.2 Å². The Labute approximate surface area is 368 Å². The molecule has 5 aromatic rings. The molecular formula is C46H58N8O9. The second kappa shape index (κ2) is 23.1. The number of nitrogens with one attached hydrogen (secondary N) is 5. The number of anilines is 4. The minimum absolute atomic E-state index is 0.132. The first-order valence-corrected chi connectivity index (χ1v) is 20.4. The second-order valence-corrected chi connectivity index (χ2v) is 15.6. The number of aromatic nitrogens is 2. The number of methoxy groups -OCH3 is 3. The Morgan fingerprint density at radius 1 is 0.762 bits per heavy atom. The van der Waals surface area contributed by atoms with Gasteiger partial charge in [-0.05, 0) is 61.5 Å². The molecule has 63 heavy (non-hydrogen) atoms. The number of rotatable bonds is 22. The molecule has 1 heterocycles. The lowest BCUT2D eigenvalue weighted by molar-refractivity contribution is -0.121. The highest BCUT2D eigenvalue weighted by Gasteiger charge is 2.22. The molecular weight excluding hydrogens is 809 g/mol. The average Bonchev–Trinajstić information content (AvgIpc) is 3.25. The first-order valence-electron chi connectivity index (χ1n) is 20.4. The summed E-state index contributed by atoms with van der Waals surface area (Å²) in [5, 5.41) is 16.3. The van der Waals surface area contributed by atoms with Gasteiger partial charge in [-0.3, -0.25) is 9.59 Å². The van der Waals surface area contributed by atoms with Gasteiger partial charge in [0.1, 0.15) is 17.2 Å². The molecule has 1 aromatic heterocycles. The van der Waals surface area contributed by atoms with Crippen molar-refractivity contribution in [2.75, 3.05) is 97.5 Å². The molecule has 0 saturated heterocycles. The summed E-state index contributed by atoms with van der Waals surface area (Å²) in [5.41, 5.74) is 3.31. The fraction of sp³-hybridized carbons (Fsp3) is 0.370. The standard InChI is InChI=1S/C46H58N8O9/c1-46(2,3)32-23-31(28-49-40(55)29-54(4)5)42(60-8)38(26-32)52-45(57)51-37-13-14-39(36-12-10-9-11-35(36)37)63-41-15-16-48-44(53-41)50-33-24-30(25-34(27-33)59-7)43(56)47-17-18-61-21-22-62-20-19-58-6/h9-16,23-27H,17-22,28-29H2,1-8H3,(H,47,56)(H,49,55)(H,48,50,53)(H2,51,52,57). The van der Waals surface area contributed by atoms with E-state index in [0.29, 0.717) is 79.5 Å². The Hall–Kier alpha value is -6.53. The van der Waals surface area contributed by atoms with Gasteiger partial charge in [0.25, 0.3) is 5.91 Å². The van der Waals surface area contributed by atoms with Crippen molar-refractivity contribution in [1.82, 2.24) is 25.5 Å². The Morgan fingerprint density at radius 3 is 2.21 bits per heavy atom. The van der Waals surface area contributed by atoms with Gasteiger partial charge in [-0.2, -0.15) is 4.98 Å². The van der Waals surface area contributed by atoms with Crippen molar-refractivity contribution in [3.8, 4) is 23.1 Å². The molecule has 17 heteroatoms.